The SMILES string of the molecule is CCNS(=O)(=O)N1CCCC(CNC)C1.Cl. The van der Waals surface area contributed by atoms with Gasteiger partial charge in [-0.3, -0.25) is 0 Å². The maximum absolute atomic E-state index is 11.7. The Balaban J connectivity index is 0.00000225. The van der Waals surface area contributed by atoms with Gasteiger partial charge in [0.05, 0.1) is 0 Å². The molecule has 1 saturated heterocycles. The zero-order chi connectivity index (χ0) is 11.3. The smallest absolute Gasteiger partial charge is 0.279 e. The lowest BCUT2D eigenvalue weighted by atomic mass is 10.00. The second-order valence-corrected chi connectivity index (χ2v) is 5.68. The van der Waals surface area contributed by atoms with Crippen molar-refractivity contribution < 1.29 is 8.42 Å². The van der Waals surface area contributed by atoms with E-state index < -0.39 is 10.2 Å². The van der Waals surface area contributed by atoms with E-state index in [0.717, 1.165) is 19.4 Å². The van der Waals surface area contributed by atoms with E-state index in [1.54, 1.807) is 11.2 Å². The normalized spacial score (nSPS) is 22.8. The van der Waals surface area contributed by atoms with Crippen molar-refractivity contribution in [3.63, 3.8) is 0 Å². The van der Waals surface area contributed by atoms with Crippen LogP contribution in [0.4, 0.5) is 0 Å². The number of halogens is 1. The van der Waals surface area contributed by atoms with Crippen LogP contribution in [0.25, 0.3) is 0 Å². The lowest BCUT2D eigenvalue weighted by molar-refractivity contribution is 0.261. The second kappa shape index (κ2) is 7.45. The number of rotatable bonds is 5. The highest BCUT2D eigenvalue weighted by Gasteiger charge is 2.27. The van der Waals surface area contributed by atoms with E-state index in [1.165, 1.54) is 0 Å². The van der Waals surface area contributed by atoms with Gasteiger partial charge in [-0.25, -0.2) is 4.72 Å². The molecule has 0 spiro atoms. The molecule has 0 bridgehead atoms. The van der Waals surface area contributed by atoms with E-state index in [2.05, 4.69) is 10.0 Å². The van der Waals surface area contributed by atoms with Crippen molar-refractivity contribution in [1.82, 2.24) is 14.3 Å². The molecule has 16 heavy (non-hydrogen) atoms. The Labute approximate surface area is 105 Å². The maximum Gasteiger partial charge on any atom is 0.279 e. The highest BCUT2D eigenvalue weighted by Crippen LogP contribution is 2.17. The van der Waals surface area contributed by atoms with Crippen LogP contribution in [-0.2, 0) is 10.2 Å². The van der Waals surface area contributed by atoms with Crippen molar-refractivity contribution in [2.75, 3.05) is 33.2 Å². The number of piperidine rings is 1. The molecule has 0 saturated carbocycles. The molecule has 2 N–H and O–H groups in total. The molecular weight excluding hydrogens is 250 g/mol. The second-order valence-electron chi connectivity index (χ2n) is 3.93. The molecule has 0 radical (unpaired) electrons. The number of hydrogen-bond acceptors (Lipinski definition) is 3. The van der Waals surface area contributed by atoms with Crippen LogP contribution in [0.1, 0.15) is 19.8 Å². The summed E-state index contributed by atoms with van der Waals surface area (Å²) in [5, 5.41) is 3.10. The van der Waals surface area contributed by atoms with Crippen molar-refractivity contribution in [1.29, 1.82) is 0 Å². The largest absolute Gasteiger partial charge is 0.319 e. The molecule has 0 amide bonds. The lowest BCUT2D eigenvalue weighted by Gasteiger charge is -2.31. The number of nitrogens with zero attached hydrogens (tertiary/aromatic N) is 1. The molecule has 5 nitrogen and oxygen atoms in total. The predicted octanol–water partition coefficient (Wildman–Crippen LogP) is 0.194. The highest BCUT2D eigenvalue weighted by atomic mass is 35.5. The summed E-state index contributed by atoms with van der Waals surface area (Å²) < 4.78 is 27.5. The quantitative estimate of drug-likeness (QED) is 0.751. The molecule has 1 aliphatic rings. The maximum atomic E-state index is 11.7. The first-order valence-electron chi connectivity index (χ1n) is 5.49. The lowest BCUT2D eigenvalue weighted by Crippen LogP contribution is -2.47. The van der Waals surface area contributed by atoms with Gasteiger partial charge in [0.15, 0.2) is 0 Å². The van der Waals surface area contributed by atoms with Gasteiger partial charge in [-0.05, 0) is 32.4 Å². The van der Waals surface area contributed by atoms with Gasteiger partial charge in [0, 0.05) is 19.6 Å². The van der Waals surface area contributed by atoms with Crippen LogP contribution in [0.15, 0.2) is 0 Å². The van der Waals surface area contributed by atoms with E-state index in [0.29, 0.717) is 25.6 Å². The van der Waals surface area contributed by atoms with Crippen molar-refractivity contribution in [3.05, 3.63) is 0 Å². The summed E-state index contributed by atoms with van der Waals surface area (Å²) in [5.74, 6) is 0.442. The van der Waals surface area contributed by atoms with Crippen LogP contribution < -0.4 is 10.0 Å². The standard InChI is InChI=1S/C9H21N3O2S.ClH/c1-3-11-15(13,14)12-6-4-5-9(8-12)7-10-2;/h9-11H,3-8H2,1-2H3;1H. The fourth-order valence-electron chi connectivity index (χ4n) is 1.97. The zero-order valence-corrected chi connectivity index (χ0v) is 11.5. The molecule has 1 rings (SSSR count). The van der Waals surface area contributed by atoms with E-state index in [4.69, 9.17) is 0 Å². The molecule has 1 heterocycles. The molecule has 0 aliphatic carbocycles. The van der Waals surface area contributed by atoms with Crippen LogP contribution in [0.2, 0.25) is 0 Å². The first-order valence-corrected chi connectivity index (χ1v) is 6.93. The summed E-state index contributed by atoms with van der Waals surface area (Å²) in [6, 6.07) is 0. The minimum Gasteiger partial charge on any atom is -0.319 e. The molecular formula is C9H22ClN3O2S. The summed E-state index contributed by atoms with van der Waals surface area (Å²) >= 11 is 0. The Morgan fingerprint density at radius 1 is 1.44 bits per heavy atom. The van der Waals surface area contributed by atoms with E-state index in [-0.39, 0.29) is 12.4 Å². The Morgan fingerprint density at radius 3 is 2.69 bits per heavy atom. The Hall–Kier alpha value is 0.120. The van der Waals surface area contributed by atoms with Crippen LogP contribution >= 0.6 is 12.4 Å². The van der Waals surface area contributed by atoms with Gasteiger partial charge in [0.1, 0.15) is 0 Å². The van der Waals surface area contributed by atoms with Crippen molar-refractivity contribution in [2.24, 2.45) is 5.92 Å². The molecule has 98 valence electrons. The first kappa shape index (κ1) is 16.1. The third-order valence-corrected chi connectivity index (χ3v) is 4.31. The van der Waals surface area contributed by atoms with Crippen LogP contribution in [-0.4, -0.2) is 45.9 Å². The zero-order valence-electron chi connectivity index (χ0n) is 9.90. The summed E-state index contributed by atoms with van der Waals surface area (Å²) in [6.07, 6.45) is 2.07. The van der Waals surface area contributed by atoms with E-state index in [9.17, 15) is 8.42 Å². The molecule has 1 aliphatic heterocycles. The van der Waals surface area contributed by atoms with Gasteiger partial charge in [-0.2, -0.15) is 12.7 Å². The monoisotopic (exact) mass is 271 g/mol. The summed E-state index contributed by atoms with van der Waals surface area (Å²) in [4.78, 5) is 0. The molecule has 0 aromatic carbocycles. The van der Waals surface area contributed by atoms with Gasteiger partial charge < -0.3 is 5.32 Å². The third kappa shape index (κ3) is 4.55. The van der Waals surface area contributed by atoms with Gasteiger partial charge in [0.2, 0.25) is 0 Å². The molecule has 0 aromatic heterocycles. The highest BCUT2D eigenvalue weighted by molar-refractivity contribution is 7.87. The Bertz CT molecular complexity index is 282. The molecule has 0 aromatic rings. The summed E-state index contributed by atoms with van der Waals surface area (Å²) in [7, 11) is -1.33. The fourth-order valence-corrected chi connectivity index (χ4v) is 3.30. The minimum absolute atomic E-state index is 0. The van der Waals surface area contributed by atoms with Crippen molar-refractivity contribution >= 4 is 22.6 Å². The Kier molecular flexibility index (Phi) is 7.50. The third-order valence-electron chi connectivity index (χ3n) is 2.64. The van der Waals surface area contributed by atoms with Gasteiger partial charge in [-0.1, -0.05) is 6.92 Å². The van der Waals surface area contributed by atoms with E-state index >= 15 is 0 Å². The van der Waals surface area contributed by atoms with Crippen LogP contribution in [0.3, 0.4) is 0 Å². The van der Waals surface area contributed by atoms with Crippen LogP contribution in [0, 0.1) is 5.92 Å². The van der Waals surface area contributed by atoms with E-state index in [1.807, 2.05) is 7.05 Å². The number of nitrogens with one attached hydrogen (secondary N) is 2. The average molecular weight is 272 g/mol. The topological polar surface area (TPSA) is 61.4 Å². The Morgan fingerprint density at radius 2 is 2.12 bits per heavy atom. The summed E-state index contributed by atoms with van der Waals surface area (Å²) in [6.45, 7) is 4.42. The fraction of sp³-hybridized carbons (Fsp3) is 1.00. The van der Waals surface area contributed by atoms with Crippen LogP contribution in [0.5, 0.6) is 0 Å². The van der Waals surface area contributed by atoms with Gasteiger partial charge in [-0.15, -0.1) is 12.4 Å². The molecule has 1 atom stereocenters. The molecule has 7 heteroatoms. The van der Waals surface area contributed by atoms with Crippen molar-refractivity contribution in [2.45, 2.75) is 19.8 Å². The average Bonchev–Trinajstić information content (AvgIpc) is 2.19. The minimum atomic E-state index is -3.23. The molecule has 1 unspecified atom stereocenters. The predicted molar refractivity (Wildman–Crippen MR) is 68.1 cm³/mol. The van der Waals surface area contributed by atoms with Gasteiger partial charge in [0.25, 0.3) is 10.2 Å². The number of hydrogen-bond donors (Lipinski definition) is 2. The van der Waals surface area contributed by atoms with Gasteiger partial charge >= 0.3 is 0 Å². The summed E-state index contributed by atoms with van der Waals surface area (Å²) in [5.41, 5.74) is 0. The first-order chi connectivity index (χ1) is 7.10. The molecule has 1 fully saturated rings. The van der Waals surface area contributed by atoms with Crippen molar-refractivity contribution in [3.8, 4) is 0 Å².